The number of hydrogen-bond donors (Lipinski definition) is 2. The van der Waals surface area contributed by atoms with Crippen molar-refractivity contribution < 1.29 is 4.79 Å². The molecule has 0 atom stereocenters. The Bertz CT molecular complexity index is 805. The molecule has 0 fully saturated rings. The lowest BCUT2D eigenvalue weighted by atomic mass is 9.88. The van der Waals surface area contributed by atoms with E-state index in [2.05, 4.69) is 29.6 Å². The minimum Gasteiger partial charge on any atom is -0.399 e. The summed E-state index contributed by atoms with van der Waals surface area (Å²) in [5, 5.41) is 3.01. The van der Waals surface area contributed by atoms with E-state index < -0.39 is 0 Å². The predicted octanol–water partition coefficient (Wildman–Crippen LogP) is 4.74. The summed E-state index contributed by atoms with van der Waals surface area (Å²) >= 11 is 0. The average Bonchev–Trinajstić information content (AvgIpc) is 2.63. The van der Waals surface area contributed by atoms with Crippen molar-refractivity contribution in [3.63, 3.8) is 0 Å². The molecule has 0 aliphatic heterocycles. The highest BCUT2D eigenvalue weighted by molar-refractivity contribution is 5.92. The van der Waals surface area contributed by atoms with Crippen molar-refractivity contribution in [1.82, 2.24) is 0 Å². The Kier molecular flexibility index (Phi) is 5.14. The number of nitrogens with one attached hydrogen (secondary N) is 1. The molecule has 0 heterocycles. The molecule has 3 aromatic rings. The topological polar surface area (TPSA) is 55.1 Å². The lowest BCUT2D eigenvalue weighted by Gasteiger charge is -2.18. The summed E-state index contributed by atoms with van der Waals surface area (Å²) in [6.45, 7) is 1.94. The van der Waals surface area contributed by atoms with E-state index in [0.717, 1.165) is 22.4 Å². The van der Waals surface area contributed by atoms with E-state index in [1.165, 1.54) is 0 Å². The average molecular weight is 330 g/mol. The van der Waals surface area contributed by atoms with Crippen LogP contribution in [0.4, 0.5) is 11.4 Å². The molecule has 126 valence electrons. The number of carbonyl (C=O) groups is 1. The van der Waals surface area contributed by atoms with E-state index in [1.807, 2.05) is 55.5 Å². The molecular weight excluding hydrogens is 308 g/mol. The molecule has 0 aliphatic carbocycles. The molecule has 3 rings (SSSR count). The van der Waals surface area contributed by atoms with E-state index >= 15 is 0 Å². The Labute approximate surface area is 148 Å². The van der Waals surface area contributed by atoms with Crippen molar-refractivity contribution in [3.8, 4) is 0 Å². The van der Waals surface area contributed by atoms with Gasteiger partial charge in [0.05, 0.1) is 0 Å². The smallest absolute Gasteiger partial charge is 0.225 e. The predicted molar refractivity (Wildman–Crippen MR) is 104 cm³/mol. The van der Waals surface area contributed by atoms with Gasteiger partial charge >= 0.3 is 0 Å². The van der Waals surface area contributed by atoms with Crippen LogP contribution in [0.2, 0.25) is 0 Å². The summed E-state index contributed by atoms with van der Waals surface area (Å²) in [7, 11) is 0. The maximum Gasteiger partial charge on any atom is 0.225 e. The van der Waals surface area contributed by atoms with Crippen LogP contribution in [0.25, 0.3) is 0 Å². The van der Waals surface area contributed by atoms with Crippen LogP contribution < -0.4 is 11.1 Å². The zero-order valence-corrected chi connectivity index (χ0v) is 14.3. The Morgan fingerprint density at radius 1 is 0.920 bits per heavy atom. The molecule has 25 heavy (non-hydrogen) atoms. The number of benzene rings is 3. The first-order valence-corrected chi connectivity index (χ1v) is 8.39. The lowest BCUT2D eigenvalue weighted by Crippen LogP contribution is -2.17. The molecule has 0 unspecified atom stereocenters. The highest BCUT2D eigenvalue weighted by Gasteiger charge is 2.18. The molecular formula is C22H22N2O. The Morgan fingerprint density at radius 3 is 2.00 bits per heavy atom. The molecule has 0 saturated carbocycles. The van der Waals surface area contributed by atoms with E-state index in [9.17, 15) is 4.79 Å². The molecule has 1 amide bonds. The fourth-order valence-electron chi connectivity index (χ4n) is 3.01. The minimum absolute atomic E-state index is 0.00872. The van der Waals surface area contributed by atoms with Gasteiger partial charge in [-0.25, -0.2) is 0 Å². The molecule has 0 radical (unpaired) electrons. The van der Waals surface area contributed by atoms with Crippen LogP contribution in [0, 0.1) is 6.92 Å². The molecule has 0 aromatic heterocycles. The standard InChI is InChI=1S/C22H22N2O/c1-16-14-19(23)12-13-21(16)24-22(25)15-20(17-8-4-2-5-9-17)18-10-6-3-7-11-18/h2-14,20H,15,23H2,1H3,(H,24,25). The third-order valence-electron chi connectivity index (χ3n) is 4.32. The summed E-state index contributed by atoms with van der Waals surface area (Å²) in [6.07, 6.45) is 0.387. The zero-order chi connectivity index (χ0) is 17.6. The fraction of sp³-hybridized carbons (Fsp3) is 0.136. The first-order chi connectivity index (χ1) is 12.1. The minimum atomic E-state index is -0.00872. The van der Waals surface area contributed by atoms with Gasteiger partial charge in [-0.05, 0) is 41.8 Å². The van der Waals surface area contributed by atoms with E-state index in [0.29, 0.717) is 12.1 Å². The second-order valence-electron chi connectivity index (χ2n) is 6.20. The molecule has 0 bridgehead atoms. The Morgan fingerprint density at radius 2 is 1.48 bits per heavy atom. The molecule has 0 aliphatic rings. The van der Waals surface area contributed by atoms with Crippen molar-refractivity contribution in [2.75, 3.05) is 11.1 Å². The number of hydrogen-bond acceptors (Lipinski definition) is 2. The van der Waals surface area contributed by atoms with Gasteiger partial charge in [-0.1, -0.05) is 60.7 Å². The monoisotopic (exact) mass is 330 g/mol. The molecule has 3 nitrogen and oxygen atoms in total. The van der Waals surface area contributed by atoms with Gasteiger partial charge in [-0.2, -0.15) is 0 Å². The fourth-order valence-corrected chi connectivity index (χ4v) is 3.01. The first-order valence-electron chi connectivity index (χ1n) is 8.39. The van der Waals surface area contributed by atoms with Crippen LogP contribution >= 0.6 is 0 Å². The number of nitrogen functional groups attached to an aromatic ring is 1. The summed E-state index contributed by atoms with van der Waals surface area (Å²) in [5.74, 6) is 0.0158. The second-order valence-corrected chi connectivity index (χ2v) is 6.20. The van der Waals surface area contributed by atoms with Crippen LogP contribution in [0.5, 0.6) is 0 Å². The largest absolute Gasteiger partial charge is 0.399 e. The van der Waals surface area contributed by atoms with Gasteiger partial charge < -0.3 is 11.1 Å². The number of nitrogens with two attached hydrogens (primary N) is 1. The number of rotatable bonds is 5. The highest BCUT2D eigenvalue weighted by atomic mass is 16.1. The van der Waals surface area contributed by atoms with E-state index in [4.69, 9.17) is 5.73 Å². The van der Waals surface area contributed by atoms with Gasteiger partial charge in [-0.15, -0.1) is 0 Å². The normalized spacial score (nSPS) is 10.6. The van der Waals surface area contributed by atoms with Crippen LogP contribution in [0.3, 0.4) is 0 Å². The van der Waals surface area contributed by atoms with Crippen LogP contribution in [0.1, 0.15) is 29.0 Å². The first kappa shape index (κ1) is 16.8. The molecule has 3 heteroatoms. The summed E-state index contributed by atoms with van der Waals surface area (Å²) in [5.41, 5.74) is 10.5. The third kappa shape index (κ3) is 4.27. The second kappa shape index (κ2) is 7.67. The number of amides is 1. The van der Waals surface area contributed by atoms with Gasteiger partial charge in [0, 0.05) is 23.7 Å². The maximum atomic E-state index is 12.7. The van der Waals surface area contributed by atoms with Crippen molar-refractivity contribution in [2.24, 2.45) is 0 Å². The van der Waals surface area contributed by atoms with Crippen molar-refractivity contribution in [2.45, 2.75) is 19.3 Å². The maximum absolute atomic E-state index is 12.7. The van der Waals surface area contributed by atoms with Crippen LogP contribution in [-0.4, -0.2) is 5.91 Å². The molecule has 3 N–H and O–H groups in total. The Hall–Kier alpha value is -3.07. The van der Waals surface area contributed by atoms with Gasteiger partial charge in [0.15, 0.2) is 0 Å². The number of aryl methyl sites for hydroxylation is 1. The van der Waals surface area contributed by atoms with Crippen LogP contribution in [0.15, 0.2) is 78.9 Å². The van der Waals surface area contributed by atoms with Crippen LogP contribution in [-0.2, 0) is 4.79 Å². The summed E-state index contributed by atoms with van der Waals surface area (Å²) in [6, 6.07) is 25.8. The number of carbonyl (C=O) groups excluding carboxylic acids is 1. The number of anilines is 2. The van der Waals surface area contributed by atoms with Gasteiger partial charge in [-0.3, -0.25) is 4.79 Å². The van der Waals surface area contributed by atoms with Gasteiger partial charge in [0.25, 0.3) is 0 Å². The third-order valence-corrected chi connectivity index (χ3v) is 4.32. The molecule has 0 spiro atoms. The SMILES string of the molecule is Cc1cc(N)ccc1NC(=O)CC(c1ccccc1)c1ccccc1. The van der Waals surface area contributed by atoms with Crippen molar-refractivity contribution >= 4 is 17.3 Å². The zero-order valence-electron chi connectivity index (χ0n) is 14.3. The lowest BCUT2D eigenvalue weighted by molar-refractivity contribution is -0.116. The summed E-state index contributed by atoms with van der Waals surface area (Å²) < 4.78 is 0. The Balaban J connectivity index is 1.82. The highest BCUT2D eigenvalue weighted by Crippen LogP contribution is 2.28. The van der Waals surface area contributed by atoms with E-state index in [1.54, 1.807) is 6.07 Å². The quantitative estimate of drug-likeness (QED) is 0.664. The van der Waals surface area contributed by atoms with Crippen molar-refractivity contribution in [3.05, 3.63) is 95.6 Å². The van der Waals surface area contributed by atoms with Gasteiger partial charge in [0.1, 0.15) is 0 Å². The molecule has 3 aromatic carbocycles. The summed E-state index contributed by atoms with van der Waals surface area (Å²) in [4.78, 5) is 12.7. The molecule has 0 saturated heterocycles. The van der Waals surface area contributed by atoms with Crippen molar-refractivity contribution in [1.29, 1.82) is 0 Å². The van der Waals surface area contributed by atoms with Gasteiger partial charge in [0.2, 0.25) is 5.91 Å². The van der Waals surface area contributed by atoms with E-state index in [-0.39, 0.29) is 11.8 Å².